The number of esters is 1. The van der Waals surface area contributed by atoms with Crippen LogP contribution in [0.15, 0.2) is 12.7 Å². The van der Waals surface area contributed by atoms with Crippen LogP contribution < -0.4 is 0 Å². The van der Waals surface area contributed by atoms with Gasteiger partial charge in [0.1, 0.15) is 6.54 Å². The summed E-state index contributed by atoms with van der Waals surface area (Å²) in [7, 11) is 1.32. The molecule has 0 aliphatic carbocycles. The number of carbonyl (C=O) groups is 2. The van der Waals surface area contributed by atoms with Crippen molar-refractivity contribution >= 4 is 23.6 Å². The molecule has 0 N–H and O–H groups in total. The zero-order chi connectivity index (χ0) is 10.6. The Morgan fingerprint density at radius 3 is 3.07 bits per heavy atom. The number of nitrogens with zero attached hydrogens (tertiary/aromatic N) is 1. The average molecular weight is 215 g/mol. The van der Waals surface area contributed by atoms with Crippen molar-refractivity contribution in [3.63, 3.8) is 0 Å². The fourth-order valence-corrected chi connectivity index (χ4v) is 2.14. The average Bonchev–Trinajstić information content (AvgIpc) is 2.20. The summed E-state index contributed by atoms with van der Waals surface area (Å²) < 4.78 is 4.50. The maximum Gasteiger partial charge on any atom is 0.325 e. The number of hydrogen-bond donors (Lipinski definition) is 0. The van der Waals surface area contributed by atoms with Crippen LogP contribution in [0.3, 0.4) is 0 Å². The van der Waals surface area contributed by atoms with Crippen molar-refractivity contribution in [1.82, 2.24) is 4.90 Å². The number of carbonyl (C=O) groups excluding carboxylic acids is 2. The van der Waals surface area contributed by atoms with E-state index in [2.05, 4.69) is 11.3 Å². The first-order valence-corrected chi connectivity index (χ1v) is 5.32. The van der Waals surface area contributed by atoms with Crippen LogP contribution in [0.2, 0.25) is 0 Å². The van der Waals surface area contributed by atoms with Gasteiger partial charge in [-0.2, -0.15) is 0 Å². The molecule has 0 bridgehead atoms. The molecule has 14 heavy (non-hydrogen) atoms. The van der Waals surface area contributed by atoms with Gasteiger partial charge < -0.3 is 9.64 Å². The smallest absolute Gasteiger partial charge is 0.325 e. The lowest BCUT2D eigenvalue weighted by molar-refractivity contribution is -0.153. The number of hydrogen-bond acceptors (Lipinski definition) is 4. The molecule has 1 amide bonds. The summed E-state index contributed by atoms with van der Waals surface area (Å²) in [4.78, 5) is 23.6. The topological polar surface area (TPSA) is 46.6 Å². The molecule has 1 rings (SSSR count). The minimum atomic E-state index is -0.373. The number of likely N-dealkylation sites (tertiary alicyclic amines) is 1. The SMILES string of the molecule is C=CCSC1CC(=O)N1CC(=O)OC. The molecular weight excluding hydrogens is 202 g/mol. The number of amides is 1. The van der Waals surface area contributed by atoms with E-state index in [1.807, 2.05) is 0 Å². The van der Waals surface area contributed by atoms with Crippen LogP contribution in [-0.4, -0.2) is 41.6 Å². The Hall–Kier alpha value is -0.970. The molecule has 0 aromatic heterocycles. The summed E-state index contributed by atoms with van der Waals surface area (Å²) in [5.74, 6) is 0.425. The highest BCUT2D eigenvalue weighted by Crippen LogP contribution is 2.28. The molecule has 0 radical (unpaired) electrons. The Morgan fingerprint density at radius 1 is 1.86 bits per heavy atom. The van der Waals surface area contributed by atoms with Crippen molar-refractivity contribution < 1.29 is 14.3 Å². The maximum atomic E-state index is 11.1. The van der Waals surface area contributed by atoms with E-state index in [9.17, 15) is 9.59 Å². The molecule has 0 aromatic rings. The maximum absolute atomic E-state index is 11.1. The van der Waals surface area contributed by atoms with E-state index >= 15 is 0 Å². The molecule has 0 spiro atoms. The summed E-state index contributed by atoms with van der Waals surface area (Å²) in [6.45, 7) is 3.66. The van der Waals surface area contributed by atoms with Crippen molar-refractivity contribution in [2.45, 2.75) is 11.8 Å². The fourth-order valence-electron chi connectivity index (χ4n) is 1.15. The van der Waals surface area contributed by atoms with E-state index in [1.54, 1.807) is 17.8 Å². The third-order valence-corrected chi connectivity index (χ3v) is 3.18. The van der Waals surface area contributed by atoms with Crippen LogP contribution in [0.25, 0.3) is 0 Å². The van der Waals surface area contributed by atoms with Gasteiger partial charge in [0.2, 0.25) is 5.91 Å². The molecule has 4 nitrogen and oxygen atoms in total. The van der Waals surface area contributed by atoms with Gasteiger partial charge in [-0.3, -0.25) is 9.59 Å². The van der Waals surface area contributed by atoms with Gasteiger partial charge in [0, 0.05) is 5.75 Å². The van der Waals surface area contributed by atoms with E-state index in [4.69, 9.17) is 0 Å². The predicted molar refractivity (Wildman–Crippen MR) is 54.8 cm³/mol. The van der Waals surface area contributed by atoms with Crippen molar-refractivity contribution in [1.29, 1.82) is 0 Å². The van der Waals surface area contributed by atoms with Crippen LogP contribution in [0.1, 0.15) is 6.42 Å². The number of thioether (sulfide) groups is 1. The molecule has 5 heteroatoms. The second-order valence-corrected chi connectivity index (χ2v) is 4.09. The van der Waals surface area contributed by atoms with Gasteiger partial charge in [-0.05, 0) is 0 Å². The van der Waals surface area contributed by atoms with Gasteiger partial charge in [-0.25, -0.2) is 0 Å². The minimum Gasteiger partial charge on any atom is -0.468 e. The first-order chi connectivity index (χ1) is 6.69. The van der Waals surface area contributed by atoms with Crippen LogP contribution >= 0.6 is 11.8 Å². The molecule has 1 heterocycles. The molecule has 0 aromatic carbocycles. The van der Waals surface area contributed by atoms with Crippen LogP contribution in [0.5, 0.6) is 0 Å². The van der Waals surface area contributed by atoms with Gasteiger partial charge in [-0.1, -0.05) is 6.08 Å². The summed E-state index contributed by atoms with van der Waals surface area (Å²) in [6, 6.07) is 0. The van der Waals surface area contributed by atoms with E-state index in [0.717, 1.165) is 5.75 Å². The molecular formula is C9H13NO3S. The van der Waals surface area contributed by atoms with E-state index in [0.29, 0.717) is 6.42 Å². The highest BCUT2D eigenvalue weighted by Gasteiger charge is 2.37. The van der Waals surface area contributed by atoms with Gasteiger partial charge in [0.15, 0.2) is 0 Å². The van der Waals surface area contributed by atoms with Gasteiger partial charge in [-0.15, -0.1) is 18.3 Å². The zero-order valence-electron chi connectivity index (χ0n) is 8.06. The molecule has 1 aliphatic heterocycles. The summed E-state index contributed by atoms with van der Waals surface area (Å²) in [5, 5.41) is 0.111. The Morgan fingerprint density at radius 2 is 2.57 bits per heavy atom. The number of β-lactam (4-membered cyclic amide) rings is 1. The van der Waals surface area contributed by atoms with Gasteiger partial charge in [0.25, 0.3) is 0 Å². The first kappa shape index (κ1) is 11.1. The Balaban J connectivity index is 2.37. The third-order valence-electron chi connectivity index (χ3n) is 1.95. The van der Waals surface area contributed by atoms with E-state index in [1.165, 1.54) is 12.0 Å². The summed E-state index contributed by atoms with van der Waals surface area (Å²) >= 11 is 1.61. The first-order valence-electron chi connectivity index (χ1n) is 4.27. The number of rotatable bonds is 5. The molecule has 1 aliphatic rings. The van der Waals surface area contributed by atoms with Crippen molar-refractivity contribution in [3.05, 3.63) is 12.7 Å². The van der Waals surface area contributed by atoms with Gasteiger partial charge in [0.05, 0.1) is 18.9 Å². The zero-order valence-corrected chi connectivity index (χ0v) is 8.88. The Kier molecular flexibility index (Phi) is 4.00. The third kappa shape index (κ3) is 2.51. The Labute approximate surface area is 87.3 Å². The van der Waals surface area contributed by atoms with Crippen molar-refractivity contribution in [2.75, 3.05) is 19.4 Å². The molecule has 78 valence electrons. The Bertz CT molecular complexity index is 254. The molecule has 1 fully saturated rings. The predicted octanol–water partition coefficient (Wildman–Crippen LogP) is 0.637. The fraction of sp³-hybridized carbons (Fsp3) is 0.556. The van der Waals surface area contributed by atoms with Crippen LogP contribution in [0.4, 0.5) is 0 Å². The quantitative estimate of drug-likeness (QED) is 0.383. The standard InChI is InChI=1S/C9H13NO3S/c1-3-4-14-8-5-7(11)10(8)6-9(12)13-2/h3,8H,1,4-6H2,2H3. The lowest BCUT2D eigenvalue weighted by Crippen LogP contribution is -2.53. The normalized spacial score (nSPS) is 20.2. The number of methoxy groups -OCH3 is 1. The molecule has 0 saturated carbocycles. The second kappa shape index (κ2) is 5.05. The van der Waals surface area contributed by atoms with Crippen molar-refractivity contribution in [2.24, 2.45) is 0 Å². The van der Waals surface area contributed by atoms with Crippen LogP contribution in [0, 0.1) is 0 Å². The van der Waals surface area contributed by atoms with Crippen LogP contribution in [-0.2, 0) is 14.3 Å². The largest absolute Gasteiger partial charge is 0.468 e. The number of ether oxygens (including phenoxy) is 1. The molecule has 1 unspecified atom stereocenters. The molecule has 1 atom stereocenters. The molecule has 1 saturated heterocycles. The minimum absolute atomic E-state index is 0.0111. The monoisotopic (exact) mass is 215 g/mol. The van der Waals surface area contributed by atoms with Gasteiger partial charge >= 0.3 is 5.97 Å². The van der Waals surface area contributed by atoms with E-state index < -0.39 is 0 Å². The summed E-state index contributed by atoms with van der Waals surface area (Å²) in [5.41, 5.74) is 0. The summed E-state index contributed by atoms with van der Waals surface area (Å²) in [6.07, 6.45) is 2.29. The highest BCUT2D eigenvalue weighted by atomic mass is 32.2. The van der Waals surface area contributed by atoms with Crippen molar-refractivity contribution in [3.8, 4) is 0 Å². The lowest BCUT2D eigenvalue weighted by atomic mass is 10.2. The highest BCUT2D eigenvalue weighted by molar-refractivity contribution is 8.00. The second-order valence-electron chi connectivity index (χ2n) is 2.88. The van der Waals surface area contributed by atoms with E-state index in [-0.39, 0.29) is 23.8 Å². The lowest BCUT2D eigenvalue weighted by Gasteiger charge is -2.38.